The van der Waals surface area contributed by atoms with Gasteiger partial charge in [-0.3, -0.25) is 0 Å². The number of fused-ring (bicyclic) bond motifs is 1. The number of rotatable bonds is 2. The van der Waals surface area contributed by atoms with Crippen LogP contribution in [-0.2, 0) is 0 Å². The fourth-order valence-electron chi connectivity index (χ4n) is 2.20. The Labute approximate surface area is 110 Å². The Hall–Kier alpha value is -2.67. The number of hydrogen-bond donors (Lipinski definition) is 2. The van der Waals surface area contributed by atoms with Gasteiger partial charge in [0.25, 0.3) is 0 Å². The Kier molecular flexibility index (Phi) is 2.73. The zero-order chi connectivity index (χ0) is 13.2. The van der Waals surface area contributed by atoms with Crippen LogP contribution < -0.4 is 10.1 Å². The molecule has 0 fully saturated rings. The zero-order valence-electron chi connectivity index (χ0n) is 10.1. The van der Waals surface area contributed by atoms with Gasteiger partial charge in [0.2, 0.25) is 0 Å². The standard InChI is InChI=1S/C15H12N2O2/c16-8-10-2-1-3-11(6-10)17-14-9-19-15-7-12(18)4-5-13(14)15/h1-7,14,17-18H,9H2. The first-order chi connectivity index (χ1) is 9.26. The molecule has 1 heterocycles. The molecule has 0 spiro atoms. The van der Waals surface area contributed by atoms with E-state index < -0.39 is 0 Å². The molecule has 2 aromatic carbocycles. The van der Waals surface area contributed by atoms with Crippen molar-refractivity contribution in [2.45, 2.75) is 6.04 Å². The highest BCUT2D eigenvalue weighted by molar-refractivity contribution is 5.54. The summed E-state index contributed by atoms with van der Waals surface area (Å²) in [4.78, 5) is 0. The normalized spacial score (nSPS) is 16.3. The number of phenolic OH excluding ortho intramolecular Hbond substituents is 1. The van der Waals surface area contributed by atoms with Crippen molar-refractivity contribution in [3.8, 4) is 17.6 Å². The first kappa shape index (κ1) is 11.4. The smallest absolute Gasteiger partial charge is 0.128 e. The molecule has 2 aromatic rings. The van der Waals surface area contributed by atoms with Gasteiger partial charge in [-0.2, -0.15) is 5.26 Å². The molecule has 2 N–H and O–H groups in total. The third-order valence-corrected chi connectivity index (χ3v) is 3.11. The van der Waals surface area contributed by atoms with Crippen molar-refractivity contribution in [1.82, 2.24) is 0 Å². The van der Waals surface area contributed by atoms with Gasteiger partial charge in [0.1, 0.15) is 18.1 Å². The van der Waals surface area contributed by atoms with Crippen molar-refractivity contribution < 1.29 is 9.84 Å². The van der Waals surface area contributed by atoms with Crippen LogP contribution in [0, 0.1) is 11.3 Å². The molecular formula is C15H12N2O2. The van der Waals surface area contributed by atoms with E-state index in [4.69, 9.17) is 10.00 Å². The number of ether oxygens (including phenoxy) is 1. The lowest BCUT2D eigenvalue weighted by atomic mass is 10.1. The quantitative estimate of drug-likeness (QED) is 0.862. The maximum Gasteiger partial charge on any atom is 0.128 e. The number of anilines is 1. The molecule has 0 amide bonds. The van der Waals surface area contributed by atoms with Gasteiger partial charge in [0.15, 0.2) is 0 Å². The van der Waals surface area contributed by atoms with Gasteiger partial charge in [0.05, 0.1) is 17.7 Å². The van der Waals surface area contributed by atoms with Gasteiger partial charge in [-0.05, 0) is 30.3 Å². The van der Waals surface area contributed by atoms with Gasteiger partial charge in [-0.15, -0.1) is 0 Å². The van der Waals surface area contributed by atoms with Crippen molar-refractivity contribution in [2.75, 3.05) is 11.9 Å². The third-order valence-electron chi connectivity index (χ3n) is 3.11. The molecule has 0 aliphatic carbocycles. The summed E-state index contributed by atoms with van der Waals surface area (Å²) in [7, 11) is 0. The molecule has 4 nitrogen and oxygen atoms in total. The predicted molar refractivity (Wildman–Crippen MR) is 71.1 cm³/mol. The van der Waals surface area contributed by atoms with E-state index in [1.54, 1.807) is 24.3 Å². The van der Waals surface area contributed by atoms with Crippen LogP contribution in [-0.4, -0.2) is 11.7 Å². The third kappa shape index (κ3) is 2.18. The Balaban J connectivity index is 1.85. The minimum atomic E-state index is 0.0320. The lowest BCUT2D eigenvalue weighted by Gasteiger charge is -2.13. The average Bonchev–Trinajstić information content (AvgIpc) is 2.81. The number of hydrogen-bond acceptors (Lipinski definition) is 4. The van der Waals surface area contributed by atoms with E-state index in [1.807, 2.05) is 18.2 Å². The summed E-state index contributed by atoms with van der Waals surface area (Å²) in [6.07, 6.45) is 0. The first-order valence-corrected chi connectivity index (χ1v) is 5.99. The van der Waals surface area contributed by atoms with E-state index in [0.717, 1.165) is 11.3 Å². The molecule has 1 unspecified atom stereocenters. The number of benzene rings is 2. The molecule has 0 aromatic heterocycles. The number of nitrogens with zero attached hydrogens (tertiary/aromatic N) is 1. The van der Waals surface area contributed by atoms with Crippen molar-refractivity contribution in [3.63, 3.8) is 0 Å². The summed E-state index contributed by atoms with van der Waals surface area (Å²) in [6.45, 7) is 0.509. The van der Waals surface area contributed by atoms with Crippen LogP contribution in [0.25, 0.3) is 0 Å². The van der Waals surface area contributed by atoms with E-state index >= 15 is 0 Å². The van der Waals surface area contributed by atoms with Crippen molar-refractivity contribution in [3.05, 3.63) is 53.6 Å². The summed E-state index contributed by atoms with van der Waals surface area (Å²) in [5.41, 5.74) is 2.52. The zero-order valence-corrected chi connectivity index (χ0v) is 10.1. The van der Waals surface area contributed by atoms with E-state index in [2.05, 4.69) is 11.4 Å². The molecule has 0 radical (unpaired) electrons. The first-order valence-electron chi connectivity index (χ1n) is 5.99. The lowest BCUT2D eigenvalue weighted by molar-refractivity contribution is 0.338. The fraction of sp³-hybridized carbons (Fsp3) is 0.133. The van der Waals surface area contributed by atoms with Crippen LogP contribution in [0.15, 0.2) is 42.5 Å². The summed E-state index contributed by atoms with van der Waals surface area (Å²) < 4.78 is 5.53. The van der Waals surface area contributed by atoms with Gasteiger partial charge in [-0.1, -0.05) is 6.07 Å². The highest BCUT2D eigenvalue weighted by Crippen LogP contribution is 2.36. The molecule has 3 rings (SSSR count). The highest BCUT2D eigenvalue weighted by atomic mass is 16.5. The van der Waals surface area contributed by atoms with Crippen LogP contribution in [0.5, 0.6) is 11.5 Å². The Morgan fingerprint density at radius 1 is 1.26 bits per heavy atom. The largest absolute Gasteiger partial charge is 0.508 e. The molecule has 4 heteroatoms. The second kappa shape index (κ2) is 4.54. The molecule has 0 saturated heterocycles. The van der Waals surface area contributed by atoms with Gasteiger partial charge in [-0.25, -0.2) is 0 Å². The number of phenols is 1. The minimum absolute atomic E-state index is 0.0320. The molecule has 1 aliphatic rings. The highest BCUT2D eigenvalue weighted by Gasteiger charge is 2.24. The van der Waals surface area contributed by atoms with Gasteiger partial charge < -0.3 is 15.2 Å². The molecule has 1 atom stereocenters. The summed E-state index contributed by atoms with van der Waals surface area (Å²) in [6, 6.07) is 14.6. The van der Waals surface area contributed by atoms with E-state index in [9.17, 15) is 5.11 Å². The molecule has 0 saturated carbocycles. The number of nitriles is 1. The SMILES string of the molecule is N#Cc1cccc(NC2COc3cc(O)ccc32)c1. The molecule has 1 aliphatic heterocycles. The van der Waals surface area contributed by atoms with Crippen LogP contribution >= 0.6 is 0 Å². The van der Waals surface area contributed by atoms with Crippen LogP contribution in [0.4, 0.5) is 5.69 Å². The van der Waals surface area contributed by atoms with E-state index in [-0.39, 0.29) is 11.8 Å². The summed E-state index contributed by atoms with van der Waals surface area (Å²) >= 11 is 0. The molecular weight excluding hydrogens is 240 g/mol. The second-order valence-electron chi connectivity index (χ2n) is 4.42. The Morgan fingerprint density at radius 3 is 3.00 bits per heavy atom. The van der Waals surface area contributed by atoms with Crippen molar-refractivity contribution >= 4 is 5.69 Å². The van der Waals surface area contributed by atoms with Crippen LogP contribution in [0.3, 0.4) is 0 Å². The summed E-state index contributed by atoms with van der Waals surface area (Å²) in [5.74, 6) is 0.903. The molecule has 94 valence electrons. The topological polar surface area (TPSA) is 65.3 Å². The monoisotopic (exact) mass is 252 g/mol. The molecule has 0 bridgehead atoms. The van der Waals surface area contributed by atoms with Crippen LogP contribution in [0.1, 0.15) is 17.2 Å². The lowest BCUT2D eigenvalue weighted by Crippen LogP contribution is -2.11. The number of aromatic hydroxyl groups is 1. The average molecular weight is 252 g/mol. The maximum atomic E-state index is 9.40. The van der Waals surface area contributed by atoms with Crippen molar-refractivity contribution in [1.29, 1.82) is 5.26 Å². The van der Waals surface area contributed by atoms with Crippen LogP contribution in [0.2, 0.25) is 0 Å². The predicted octanol–water partition coefficient (Wildman–Crippen LogP) is 2.81. The Bertz CT molecular complexity index is 661. The van der Waals surface area contributed by atoms with E-state index in [0.29, 0.717) is 17.9 Å². The second-order valence-corrected chi connectivity index (χ2v) is 4.42. The van der Waals surface area contributed by atoms with Gasteiger partial charge in [0, 0.05) is 17.3 Å². The number of nitrogens with one attached hydrogen (secondary N) is 1. The fourth-order valence-corrected chi connectivity index (χ4v) is 2.20. The van der Waals surface area contributed by atoms with Gasteiger partial charge >= 0.3 is 0 Å². The maximum absolute atomic E-state index is 9.40. The molecule has 19 heavy (non-hydrogen) atoms. The van der Waals surface area contributed by atoms with Crippen molar-refractivity contribution in [2.24, 2.45) is 0 Å². The summed E-state index contributed by atoms with van der Waals surface area (Å²) in [5, 5.41) is 21.6. The Morgan fingerprint density at radius 2 is 2.16 bits per heavy atom. The minimum Gasteiger partial charge on any atom is -0.508 e. The van der Waals surface area contributed by atoms with E-state index in [1.165, 1.54) is 0 Å².